The summed E-state index contributed by atoms with van der Waals surface area (Å²) in [5, 5.41) is 6.48. The lowest BCUT2D eigenvalue weighted by atomic mass is 10.1. The molecule has 0 fully saturated rings. The first-order valence-electron chi connectivity index (χ1n) is 6.16. The van der Waals surface area contributed by atoms with Gasteiger partial charge >= 0.3 is 0 Å². The number of rotatable bonds is 4. The molecule has 1 heterocycles. The van der Waals surface area contributed by atoms with Crippen LogP contribution in [-0.4, -0.2) is 16.3 Å². The maximum atomic E-state index is 11.2. The molecule has 3 N–H and O–H groups in total. The fourth-order valence-electron chi connectivity index (χ4n) is 1.81. The Hall–Kier alpha value is -2.14. The molecule has 0 bridgehead atoms. The van der Waals surface area contributed by atoms with Crippen LogP contribution in [0.2, 0.25) is 0 Å². The SMILES string of the molecule is CC(C)Oc1ccc(-c2n[nH]c(=O)cc2CN)cc1. The number of H-pyrrole nitrogens is 1. The highest BCUT2D eigenvalue weighted by molar-refractivity contribution is 5.63. The molecule has 0 aliphatic carbocycles. The molecule has 0 saturated heterocycles. The van der Waals surface area contributed by atoms with Crippen LogP contribution >= 0.6 is 0 Å². The summed E-state index contributed by atoms with van der Waals surface area (Å²) in [6.45, 7) is 4.23. The number of nitrogens with zero attached hydrogens (tertiary/aromatic N) is 1. The van der Waals surface area contributed by atoms with Gasteiger partial charge in [-0.15, -0.1) is 0 Å². The van der Waals surface area contributed by atoms with E-state index < -0.39 is 0 Å². The zero-order valence-corrected chi connectivity index (χ0v) is 11.0. The summed E-state index contributed by atoms with van der Waals surface area (Å²) >= 11 is 0. The summed E-state index contributed by atoms with van der Waals surface area (Å²) in [7, 11) is 0. The second kappa shape index (κ2) is 5.67. The van der Waals surface area contributed by atoms with Crippen molar-refractivity contribution in [2.45, 2.75) is 26.5 Å². The molecule has 19 heavy (non-hydrogen) atoms. The lowest BCUT2D eigenvalue weighted by molar-refractivity contribution is 0.242. The molecule has 0 atom stereocenters. The fourth-order valence-corrected chi connectivity index (χ4v) is 1.81. The normalized spacial score (nSPS) is 10.7. The summed E-state index contributed by atoms with van der Waals surface area (Å²) in [4.78, 5) is 11.2. The van der Waals surface area contributed by atoms with Crippen molar-refractivity contribution in [3.8, 4) is 17.0 Å². The van der Waals surface area contributed by atoms with E-state index in [4.69, 9.17) is 10.5 Å². The predicted octanol–water partition coefficient (Wildman–Crippen LogP) is 1.68. The molecule has 0 amide bonds. The van der Waals surface area contributed by atoms with Gasteiger partial charge < -0.3 is 10.5 Å². The highest BCUT2D eigenvalue weighted by Gasteiger charge is 2.07. The number of hydrogen-bond acceptors (Lipinski definition) is 4. The van der Waals surface area contributed by atoms with Gasteiger partial charge in [-0.25, -0.2) is 5.10 Å². The number of aromatic amines is 1. The average molecular weight is 259 g/mol. The van der Waals surface area contributed by atoms with Crippen molar-refractivity contribution in [1.29, 1.82) is 0 Å². The first-order chi connectivity index (χ1) is 9.10. The molecule has 0 radical (unpaired) electrons. The van der Waals surface area contributed by atoms with Crippen LogP contribution in [0.4, 0.5) is 0 Å². The molecule has 2 aromatic rings. The zero-order valence-electron chi connectivity index (χ0n) is 11.0. The minimum absolute atomic E-state index is 0.136. The summed E-state index contributed by atoms with van der Waals surface area (Å²) in [5.74, 6) is 0.803. The van der Waals surface area contributed by atoms with Crippen molar-refractivity contribution in [3.63, 3.8) is 0 Å². The minimum atomic E-state index is -0.246. The molecule has 5 nitrogen and oxygen atoms in total. The van der Waals surface area contributed by atoms with Crippen LogP contribution in [0.5, 0.6) is 5.75 Å². The Morgan fingerprint density at radius 2 is 2.00 bits per heavy atom. The van der Waals surface area contributed by atoms with Crippen molar-refractivity contribution in [2.24, 2.45) is 5.73 Å². The Morgan fingerprint density at radius 1 is 1.32 bits per heavy atom. The quantitative estimate of drug-likeness (QED) is 0.875. The summed E-state index contributed by atoms with van der Waals surface area (Å²) < 4.78 is 5.58. The van der Waals surface area contributed by atoms with E-state index in [0.717, 1.165) is 16.9 Å². The number of hydrogen-bond donors (Lipinski definition) is 2. The van der Waals surface area contributed by atoms with E-state index in [1.54, 1.807) is 0 Å². The van der Waals surface area contributed by atoms with Gasteiger partial charge in [-0.2, -0.15) is 5.10 Å². The van der Waals surface area contributed by atoms with Crippen LogP contribution in [-0.2, 0) is 6.54 Å². The lowest BCUT2D eigenvalue weighted by Gasteiger charge is -2.10. The molecule has 5 heteroatoms. The van der Waals surface area contributed by atoms with Gasteiger partial charge in [0.15, 0.2) is 0 Å². The molecule has 0 spiro atoms. The van der Waals surface area contributed by atoms with Gasteiger partial charge in [0, 0.05) is 18.2 Å². The average Bonchev–Trinajstić information content (AvgIpc) is 2.39. The third kappa shape index (κ3) is 3.20. The van der Waals surface area contributed by atoms with Gasteiger partial charge in [-0.3, -0.25) is 4.79 Å². The highest BCUT2D eigenvalue weighted by atomic mass is 16.5. The van der Waals surface area contributed by atoms with Crippen LogP contribution in [0.3, 0.4) is 0 Å². The van der Waals surface area contributed by atoms with Crippen LogP contribution in [0, 0.1) is 0 Å². The third-order valence-corrected chi connectivity index (χ3v) is 2.61. The second-order valence-electron chi connectivity index (χ2n) is 4.50. The molecule has 1 aromatic carbocycles. The van der Waals surface area contributed by atoms with Crippen molar-refractivity contribution >= 4 is 0 Å². The summed E-state index contributed by atoms with van der Waals surface area (Å²) in [6, 6.07) is 9.03. The van der Waals surface area contributed by atoms with Crippen LogP contribution in [0.25, 0.3) is 11.3 Å². The number of nitrogens with one attached hydrogen (secondary N) is 1. The lowest BCUT2D eigenvalue weighted by Crippen LogP contribution is -2.12. The molecule has 1 aromatic heterocycles. The number of nitrogens with two attached hydrogens (primary N) is 1. The van der Waals surface area contributed by atoms with E-state index in [-0.39, 0.29) is 18.2 Å². The monoisotopic (exact) mass is 259 g/mol. The van der Waals surface area contributed by atoms with E-state index in [0.29, 0.717) is 5.69 Å². The standard InChI is InChI=1S/C14H17N3O2/c1-9(2)19-12-5-3-10(4-6-12)14-11(8-15)7-13(18)16-17-14/h3-7,9H,8,15H2,1-2H3,(H,16,18). The Kier molecular flexibility index (Phi) is 3.97. The van der Waals surface area contributed by atoms with Crippen LogP contribution < -0.4 is 16.0 Å². The van der Waals surface area contributed by atoms with Crippen LogP contribution in [0.1, 0.15) is 19.4 Å². The van der Waals surface area contributed by atoms with Crippen molar-refractivity contribution in [2.75, 3.05) is 0 Å². The van der Waals surface area contributed by atoms with E-state index in [1.807, 2.05) is 38.1 Å². The Bertz CT molecular complexity index is 603. The maximum Gasteiger partial charge on any atom is 0.264 e. The molecular weight excluding hydrogens is 242 g/mol. The smallest absolute Gasteiger partial charge is 0.264 e. The van der Waals surface area contributed by atoms with Crippen molar-refractivity contribution < 1.29 is 4.74 Å². The number of benzene rings is 1. The van der Waals surface area contributed by atoms with E-state index in [1.165, 1.54) is 6.07 Å². The van der Waals surface area contributed by atoms with Crippen molar-refractivity contribution in [3.05, 3.63) is 46.2 Å². The molecule has 0 unspecified atom stereocenters. The molecular formula is C14H17N3O2. The van der Waals surface area contributed by atoms with Crippen molar-refractivity contribution in [1.82, 2.24) is 10.2 Å². The Labute approximate surface area is 111 Å². The summed E-state index contributed by atoms with van der Waals surface area (Å²) in [5.41, 5.74) is 7.70. The first-order valence-corrected chi connectivity index (χ1v) is 6.16. The Morgan fingerprint density at radius 3 is 2.58 bits per heavy atom. The number of ether oxygens (including phenoxy) is 1. The van der Waals surface area contributed by atoms with Gasteiger partial charge in [0.25, 0.3) is 5.56 Å². The van der Waals surface area contributed by atoms with Gasteiger partial charge in [0.05, 0.1) is 11.8 Å². The fraction of sp³-hybridized carbons (Fsp3) is 0.286. The maximum absolute atomic E-state index is 11.2. The van der Waals surface area contributed by atoms with Gasteiger partial charge in [-0.1, -0.05) is 0 Å². The van der Waals surface area contributed by atoms with E-state index in [9.17, 15) is 4.79 Å². The largest absolute Gasteiger partial charge is 0.491 e. The van der Waals surface area contributed by atoms with E-state index >= 15 is 0 Å². The first kappa shape index (κ1) is 13.3. The molecule has 0 saturated carbocycles. The minimum Gasteiger partial charge on any atom is -0.491 e. The van der Waals surface area contributed by atoms with Gasteiger partial charge in [0.1, 0.15) is 5.75 Å². The Balaban J connectivity index is 2.34. The van der Waals surface area contributed by atoms with Crippen LogP contribution in [0.15, 0.2) is 35.1 Å². The molecule has 2 rings (SSSR count). The molecule has 0 aliphatic heterocycles. The van der Waals surface area contributed by atoms with E-state index in [2.05, 4.69) is 10.2 Å². The second-order valence-corrected chi connectivity index (χ2v) is 4.50. The number of aromatic nitrogens is 2. The predicted molar refractivity (Wildman–Crippen MR) is 73.9 cm³/mol. The third-order valence-electron chi connectivity index (χ3n) is 2.61. The highest BCUT2D eigenvalue weighted by Crippen LogP contribution is 2.23. The van der Waals surface area contributed by atoms with Gasteiger partial charge in [0.2, 0.25) is 0 Å². The molecule has 100 valence electrons. The topological polar surface area (TPSA) is 81.0 Å². The van der Waals surface area contributed by atoms with Gasteiger partial charge in [-0.05, 0) is 43.7 Å². The summed E-state index contributed by atoms with van der Waals surface area (Å²) in [6.07, 6.45) is 0.136. The molecule has 0 aliphatic rings. The zero-order chi connectivity index (χ0) is 13.8.